The highest BCUT2D eigenvalue weighted by Gasteiger charge is 2.03. The number of likely N-dealkylation sites (N-methyl/N-ethyl adjacent to an activating group) is 1. The molecule has 0 atom stereocenters. The van der Waals surface area contributed by atoms with Crippen LogP contribution in [0.2, 0.25) is 0 Å². The fraction of sp³-hybridized carbons (Fsp3) is 0.250. The fourth-order valence-corrected chi connectivity index (χ4v) is 2.77. The van der Waals surface area contributed by atoms with Gasteiger partial charge in [-0.25, -0.2) is 4.79 Å². The summed E-state index contributed by atoms with van der Waals surface area (Å²) in [5, 5.41) is 4.40. The number of hydrogen-bond acceptors (Lipinski definition) is 4. The van der Waals surface area contributed by atoms with Crippen LogP contribution in [0.1, 0.15) is 12.5 Å². The molecule has 0 amide bonds. The highest BCUT2D eigenvalue weighted by molar-refractivity contribution is 5.76. The summed E-state index contributed by atoms with van der Waals surface area (Å²) < 4.78 is 5.23. The zero-order valence-corrected chi connectivity index (χ0v) is 13.9. The Labute approximate surface area is 141 Å². The second-order valence-electron chi connectivity index (χ2n) is 5.72. The smallest absolute Gasteiger partial charge is 0.336 e. The Morgan fingerprint density at radius 3 is 2.62 bits per heavy atom. The molecule has 2 aromatic carbocycles. The summed E-state index contributed by atoms with van der Waals surface area (Å²) in [4.78, 5) is 13.6. The van der Waals surface area contributed by atoms with Gasteiger partial charge in [0.2, 0.25) is 0 Å². The quantitative estimate of drug-likeness (QED) is 0.535. The monoisotopic (exact) mass is 322 g/mol. The van der Waals surface area contributed by atoms with E-state index in [1.165, 1.54) is 11.8 Å². The van der Waals surface area contributed by atoms with Crippen LogP contribution >= 0.6 is 0 Å². The van der Waals surface area contributed by atoms with Gasteiger partial charge in [0.1, 0.15) is 5.58 Å². The van der Waals surface area contributed by atoms with Crippen LogP contribution in [0.25, 0.3) is 11.0 Å². The molecule has 1 heterocycles. The number of hydrogen-bond donors (Lipinski definition) is 1. The molecule has 3 rings (SSSR count). The normalized spacial score (nSPS) is 10.9. The van der Waals surface area contributed by atoms with Gasteiger partial charge >= 0.3 is 5.63 Å². The molecule has 4 nitrogen and oxygen atoms in total. The molecule has 24 heavy (non-hydrogen) atoms. The lowest BCUT2D eigenvalue weighted by molar-refractivity contribution is 0.560. The third-order valence-electron chi connectivity index (χ3n) is 4.08. The van der Waals surface area contributed by atoms with Crippen molar-refractivity contribution in [3.8, 4) is 0 Å². The van der Waals surface area contributed by atoms with Gasteiger partial charge in [-0.15, -0.1) is 0 Å². The molecule has 0 aliphatic heterocycles. The number of anilines is 1. The minimum atomic E-state index is -0.311. The molecule has 0 fully saturated rings. The van der Waals surface area contributed by atoms with E-state index in [0.29, 0.717) is 5.58 Å². The average Bonchev–Trinajstić information content (AvgIpc) is 2.62. The van der Waals surface area contributed by atoms with Gasteiger partial charge in [0.25, 0.3) is 0 Å². The molecule has 0 spiro atoms. The fourth-order valence-electron chi connectivity index (χ4n) is 2.77. The van der Waals surface area contributed by atoms with Crippen molar-refractivity contribution in [3.05, 3.63) is 76.6 Å². The number of rotatable bonds is 7. The van der Waals surface area contributed by atoms with Gasteiger partial charge in [0, 0.05) is 43.3 Å². The standard InChI is InChI=1S/C20H22N2O2/c1-2-22(18-6-4-3-5-7-18)13-12-21-15-16-8-9-17-10-11-20(23)24-19(17)14-16/h3-11,14,21H,2,12-13,15H2,1H3. The molecule has 0 saturated carbocycles. The molecule has 0 unspecified atom stereocenters. The average molecular weight is 322 g/mol. The first-order chi connectivity index (χ1) is 11.8. The maximum atomic E-state index is 11.3. The Morgan fingerprint density at radius 2 is 1.83 bits per heavy atom. The summed E-state index contributed by atoms with van der Waals surface area (Å²) in [5.74, 6) is 0. The Bertz CT molecular complexity index is 843. The van der Waals surface area contributed by atoms with E-state index in [0.717, 1.165) is 37.1 Å². The first-order valence-corrected chi connectivity index (χ1v) is 8.30. The van der Waals surface area contributed by atoms with E-state index in [-0.39, 0.29) is 5.63 Å². The van der Waals surface area contributed by atoms with E-state index in [2.05, 4.69) is 47.5 Å². The van der Waals surface area contributed by atoms with Gasteiger partial charge in [-0.3, -0.25) is 0 Å². The van der Waals surface area contributed by atoms with Crippen LogP contribution in [0.4, 0.5) is 5.69 Å². The molecule has 0 radical (unpaired) electrons. The lowest BCUT2D eigenvalue weighted by Gasteiger charge is -2.23. The lowest BCUT2D eigenvalue weighted by Crippen LogP contribution is -2.31. The molecule has 0 bridgehead atoms. The van der Waals surface area contributed by atoms with Crippen LogP contribution in [-0.4, -0.2) is 19.6 Å². The Morgan fingerprint density at radius 1 is 1.04 bits per heavy atom. The number of fused-ring (bicyclic) bond motifs is 1. The highest BCUT2D eigenvalue weighted by Crippen LogP contribution is 2.14. The first-order valence-electron chi connectivity index (χ1n) is 8.30. The molecule has 4 heteroatoms. The van der Waals surface area contributed by atoms with E-state index >= 15 is 0 Å². The van der Waals surface area contributed by atoms with Crippen LogP contribution in [0.5, 0.6) is 0 Å². The Kier molecular flexibility index (Phi) is 5.29. The molecule has 1 aromatic heterocycles. The van der Waals surface area contributed by atoms with Crippen LogP contribution in [-0.2, 0) is 6.54 Å². The van der Waals surface area contributed by atoms with E-state index in [4.69, 9.17) is 4.42 Å². The predicted molar refractivity (Wildman–Crippen MR) is 98.5 cm³/mol. The van der Waals surface area contributed by atoms with Crippen LogP contribution in [0.15, 0.2) is 69.9 Å². The zero-order valence-electron chi connectivity index (χ0n) is 13.9. The third-order valence-corrected chi connectivity index (χ3v) is 4.08. The van der Waals surface area contributed by atoms with Crippen LogP contribution in [0.3, 0.4) is 0 Å². The van der Waals surface area contributed by atoms with E-state index in [1.807, 2.05) is 18.2 Å². The van der Waals surface area contributed by atoms with Gasteiger partial charge in [-0.05, 0) is 36.8 Å². The van der Waals surface area contributed by atoms with Crippen molar-refractivity contribution in [1.29, 1.82) is 0 Å². The maximum Gasteiger partial charge on any atom is 0.336 e. The summed E-state index contributed by atoms with van der Waals surface area (Å²) in [6, 6.07) is 19.6. The van der Waals surface area contributed by atoms with Crippen molar-refractivity contribution in [1.82, 2.24) is 5.32 Å². The predicted octanol–water partition coefficient (Wildman–Crippen LogP) is 3.41. The molecular weight excluding hydrogens is 300 g/mol. The molecule has 124 valence electrons. The largest absolute Gasteiger partial charge is 0.423 e. The van der Waals surface area contributed by atoms with Gasteiger partial charge in [0.15, 0.2) is 0 Å². The van der Waals surface area contributed by atoms with Crippen molar-refractivity contribution in [2.45, 2.75) is 13.5 Å². The Balaban J connectivity index is 1.55. The van der Waals surface area contributed by atoms with Gasteiger partial charge < -0.3 is 14.6 Å². The van der Waals surface area contributed by atoms with Crippen molar-refractivity contribution in [2.24, 2.45) is 0 Å². The van der Waals surface area contributed by atoms with Gasteiger partial charge in [-0.2, -0.15) is 0 Å². The lowest BCUT2D eigenvalue weighted by atomic mass is 10.1. The SMILES string of the molecule is CCN(CCNCc1ccc2ccc(=O)oc2c1)c1ccccc1. The van der Waals surface area contributed by atoms with E-state index in [9.17, 15) is 4.79 Å². The second kappa shape index (κ2) is 7.79. The summed E-state index contributed by atoms with van der Waals surface area (Å²) >= 11 is 0. The molecule has 0 saturated heterocycles. The van der Waals surface area contributed by atoms with Gasteiger partial charge in [0.05, 0.1) is 0 Å². The van der Waals surface area contributed by atoms with Crippen molar-refractivity contribution in [2.75, 3.05) is 24.5 Å². The molecule has 3 aromatic rings. The molecule has 0 aliphatic rings. The summed E-state index contributed by atoms with van der Waals surface area (Å²) in [7, 11) is 0. The molecule has 1 N–H and O–H groups in total. The summed E-state index contributed by atoms with van der Waals surface area (Å²) in [5.41, 5.74) is 2.68. The van der Waals surface area contributed by atoms with E-state index in [1.54, 1.807) is 6.07 Å². The van der Waals surface area contributed by atoms with E-state index < -0.39 is 0 Å². The minimum absolute atomic E-state index is 0.311. The third kappa shape index (κ3) is 4.03. The first kappa shape index (κ1) is 16.3. The summed E-state index contributed by atoms with van der Waals surface area (Å²) in [6.45, 7) is 5.73. The number of nitrogens with zero attached hydrogens (tertiary/aromatic N) is 1. The minimum Gasteiger partial charge on any atom is -0.423 e. The van der Waals surface area contributed by atoms with Crippen molar-refractivity contribution >= 4 is 16.7 Å². The number of benzene rings is 2. The highest BCUT2D eigenvalue weighted by atomic mass is 16.4. The molecule has 0 aliphatic carbocycles. The van der Waals surface area contributed by atoms with Crippen LogP contribution < -0.4 is 15.8 Å². The molecular formula is C20H22N2O2. The van der Waals surface area contributed by atoms with Gasteiger partial charge in [-0.1, -0.05) is 30.3 Å². The second-order valence-corrected chi connectivity index (χ2v) is 5.72. The Hall–Kier alpha value is -2.59. The van der Waals surface area contributed by atoms with Crippen molar-refractivity contribution in [3.63, 3.8) is 0 Å². The number of para-hydroxylation sites is 1. The van der Waals surface area contributed by atoms with Crippen molar-refractivity contribution < 1.29 is 4.42 Å². The summed E-state index contributed by atoms with van der Waals surface area (Å²) in [6.07, 6.45) is 0. The maximum absolute atomic E-state index is 11.3. The zero-order chi connectivity index (χ0) is 16.8. The number of nitrogens with one attached hydrogen (secondary N) is 1. The van der Waals surface area contributed by atoms with Crippen LogP contribution in [0, 0.1) is 0 Å². The topological polar surface area (TPSA) is 45.5 Å².